The molecule has 0 aliphatic carbocycles. The molecule has 0 saturated heterocycles. The molecule has 5 heteroatoms. The maximum absolute atomic E-state index is 10.8. The third kappa shape index (κ3) is 7.11. The van der Waals surface area contributed by atoms with Crippen molar-refractivity contribution in [3.05, 3.63) is 64.9 Å². The van der Waals surface area contributed by atoms with Crippen LogP contribution in [0.4, 0.5) is 0 Å². The summed E-state index contributed by atoms with van der Waals surface area (Å²) in [4.78, 5) is 20.0. The van der Waals surface area contributed by atoms with Gasteiger partial charge in [0.2, 0.25) is 0 Å². The minimum atomic E-state index is 0.354. The zero-order chi connectivity index (χ0) is 21.6. The van der Waals surface area contributed by atoms with Crippen molar-refractivity contribution >= 4 is 23.7 Å². The highest BCUT2D eigenvalue weighted by atomic mass is 16.5. The Bertz CT molecular complexity index is 895. The van der Waals surface area contributed by atoms with E-state index >= 15 is 0 Å². The van der Waals surface area contributed by atoms with Gasteiger partial charge < -0.3 is 13.9 Å². The van der Waals surface area contributed by atoms with Crippen molar-refractivity contribution in [1.82, 2.24) is 0 Å². The average Bonchev–Trinajstić information content (AvgIpc) is 3.19. The lowest BCUT2D eigenvalue weighted by Crippen LogP contribution is -1.98. The summed E-state index contributed by atoms with van der Waals surface area (Å²) in [6, 6.07) is 13.9. The van der Waals surface area contributed by atoms with Crippen LogP contribution in [0.3, 0.4) is 0 Å². The van der Waals surface area contributed by atoms with Gasteiger partial charge in [0, 0.05) is 5.39 Å². The summed E-state index contributed by atoms with van der Waals surface area (Å²) in [5.74, 6) is 1.27. The molecule has 3 rings (SSSR count). The Morgan fingerprint density at radius 2 is 1.76 bits per heavy atom. The average molecular weight is 398 g/mol. The quantitative estimate of drug-likeness (QED) is 0.464. The molecule has 0 saturated carbocycles. The molecular formula is C24H30O5. The molecule has 0 aliphatic rings. The molecule has 0 atom stereocenters. The molecule has 5 nitrogen and oxygen atoms in total. The maximum Gasteiger partial charge on any atom is 0.293 e. The van der Waals surface area contributed by atoms with Gasteiger partial charge in [-0.05, 0) is 61.2 Å². The summed E-state index contributed by atoms with van der Waals surface area (Å²) < 4.78 is 15.6. The van der Waals surface area contributed by atoms with Gasteiger partial charge in [0.25, 0.3) is 6.47 Å². The molecule has 2 aromatic carbocycles. The number of aryl methyl sites for hydroxylation is 2. The zero-order valence-corrected chi connectivity index (χ0v) is 17.9. The van der Waals surface area contributed by atoms with Crippen LogP contribution in [-0.4, -0.2) is 19.4 Å². The second-order valence-corrected chi connectivity index (χ2v) is 5.90. The van der Waals surface area contributed by atoms with Gasteiger partial charge in [-0.15, -0.1) is 0 Å². The van der Waals surface area contributed by atoms with E-state index in [1.54, 1.807) is 13.0 Å². The largest absolute Gasteiger partial charge is 0.489 e. The fourth-order valence-electron chi connectivity index (χ4n) is 2.73. The summed E-state index contributed by atoms with van der Waals surface area (Å²) in [7, 11) is 0. The zero-order valence-electron chi connectivity index (χ0n) is 17.9. The standard InChI is InChI=1S/C19H18O3.C3H6O2.C2H6/c1-3-15-6-4-5-7-18(15)21-12-14-8-13(2)19-16(9-14)10-17(11-20)22-19;1-2-5-3-4;1-2/h4-11H,3,12H2,1-2H3;3H,2H2,1H3;1-2H3. The number of hydrogen-bond acceptors (Lipinski definition) is 5. The van der Waals surface area contributed by atoms with Gasteiger partial charge in [0.05, 0.1) is 6.61 Å². The predicted octanol–water partition coefficient (Wildman–Crippen LogP) is 5.90. The molecule has 156 valence electrons. The first-order valence-corrected chi connectivity index (χ1v) is 9.87. The lowest BCUT2D eigenvalue weighted by molar-refractivity contribution is -0.128. The Balaban J connectivity index is 0.000000527. The summed E-state index contributed by atoms with van der Waals surface area (Å²) in [5.41, 5.74) is 4.04. The molecule has 0 radical (unpaired) electrons. The summed E-state index contributed by atoms with van der Waals surface area (Å²) in [5, 5.41) is 0.935. The normalized spacial score (nSPS) is 9.55. The van der Waals surface area contributed by atoms with Crippen molar-refractivity contribution < 1.29 is 23.5 Å². The van der Waals surface area contributed by atoms with E-state index in [2.05, 4.69) is 17.7 Å². The number of carbonyl (C=O) groups is 2. The summed E-state index contributed by atoms with van der Waals surface area (Å²) in [6.45, 7) is 11.3. The molecule has 0 aliphatic heterocycles. The van der Waals surface area contributed by atoms with Gasteiger partial charge >= 0.3 is 0 Å². The van der Waals surface area contributed by atoms with Crippen LogP contribution in [0, 0.1) is 6.92 Å². The Kier molecular flexibility index (Phi) is 10.9. The number of para-hydroxylation sites is 1. The second-order valence-electron chi connectivity index (χ2n) is 5.90. The van der Waals surface area contributed by atoms with Crippen LogP contribution in [-0.2, 0) is 22.6 Å². The van der Waals surface area contributed by atoms with E-state index in [0.717, 1.165) is 40.6 Å². The number of fused-ring (bicyclic) bond motifs is 1. The van der Waals surface area contributed by atoms with Gasteiger partial charge in [0.1, 0.15) is 17.9 Å². The number of hydrogen-bond donors (Lipinski definition) is 0. The lowest BCUT2D eigenvalue weighted by atomic mass is 10.1. The molecule has 0 spiro atoms. The fraction of sp³-hybridized carbons (Fsp3) is 0.333. The Hall–Kier alpha value is -3.08. The number of rotatable bonds is 7. The fourth-order valence-corrected chi connectivity index (χ4v) is 2.73. The van der Waals surface area contributed by atoms with E-state index < -0.39 is 0 Å². The van der Waals surface area contributed by atoms with E-state index in [1.807, 2.05) is 51.1 Å². The van der Waals surface area contributed by atoms with Crippen molar-refractivity contribution in [2.24, 2.45) is 0 Å². The Morgan fingerprint density at radius 1 is 1.03 bits per heavy atom. The first-order chi connectivity index (χ1) is 14.1. The van der Waals surface area contributed by atoms with Crippen LogP contribution in [0.25, 0.3) is 11.0 Å². The van der Waals surface area contributed by atoms with Crippen LogP contribution in [0.2, 0.25) is 0 Å². The van der Waals surface area contributed by atoms with Crippen molar-refractivity contribution in [2.45, 2.75) is 47.6 Å². The monoisotopic (exact) mass is 398 g/mol. The predicted molar refractivity (Wildman–Crippen MR) is 116 cm³/mol. The minimum Gasteiger partial charge on any atom is -0.489 e. The maximum atomic E-state index is 10.8. The lowest BCUT2D eigenvalue weighted by Gasteiger charge is -2.11. The van der Waals surface area contributed by atoms with Crippen LogP contribution >= 0.6 is 0 Å². The SMILES string of the molecule is CC.CCOC=O.CCc1ccccc1OCc1cc(C)c2oc(C=O)cc2c1. The molecular weight excluding hydrogens is 368 g/mol. The van der Waals surface area contributed by atoms with Crippen LogP contribution in [0.1, 0.15) is 54.9 Å². The minimum absolute atomic E-state index is 0.354. The molecule has 0 unspecified atom stereocenters. The second kappa shape index (κ2) is 13.2. The highest BCUT2D eigenvalue weighted by molar-refractivity contribution is 5.87. The van der Waals surface area contributed by atoms with E-state index in [9.17, 15) is 9.59 Å². The number of ether oxygens (including phenoxy) is 2. The summed E-state index contributed by atoms with van der Waals surface area (Å²) >= 11 is 0. The number of benzene rings is 2. The molecule has 3 aromatic rings. The Morgan fingerprint density at radius 3 is 2.34 bits per heavy atom. The number of furan rings is 1. The molecule has 0 amide bonds. The molecule has 0 fully saturated rings. The third-order valence-corrected chi connectivity index (χ3v) is 3.98. The molecule has 0 bridgehead atoms. The van der Waals surface area contributed by atoms with Gasteiger partial charge in [-0.1, -0.05) is 39.0 Å². The van der Waals surface area contributed by atoms with Gasteiger partial charge in [-0.2, -0.15) is 0 Å². The van der Waals surface area contributed by atoms with Crippen LogP contribution in [0.15, 0.2) is 46.9 Å². The van der Waals surface area contributed by atoms with Gasteiger partial charge in [-0.3, -0.25) is 9.59 Å². The van der Waals surface area contributed by atoms with E-state index in [4.69, 9.17) is 9.15 Å². The van der Waals surface area contributed by atoms with Crippen molar-refractivity contribution in [1.29, 1.82) is 0 Å². The van der Waals surface area contributed by atoms with Gasteiger partial charge in [-0.25, -0.2) is 0 Å². The van der Waals surface area contributed by atoms with Gasteiger partial charge in [0.15, 0.2) is 12.0 Å². The van der Waals surface area contributed by atoms with E-state index in [0.29, 0.717) is 25.4 Å². The molecule has 1 heterocycles. The van der Waals surface area contributed by atoms with Crippen LogP contribution < -0.4 is 4.74 Å². The first-order valence-electron chi connectivity index (χ1n) is 9.87. The van der Waals surface area contributed by atoms with Crippen LogP contribution in [0.5, 0.6) is 5.75 Å². The van der Waals surface area contributed by atoms with Crippen molar-refractivity contribution in [3.63, 3.8) is 0 Å². The molecule has 29 heavy (non-hydrogen) atoms. The van der Waals surface area contributed by atoms with E-state index in [-0.39, 0.29) is 0 Å². The smallest absolute Gasteiger partial charge is 0.293 e. The highest BCUT2D eigenvalue weighted by Gasteiger charge is 2.09. The van der Waals surface area contributed by atoms with E-state index in [1.165, 1.54) is 5.56 Å². The summed E-state index contributed by atoms with van der Waals surface area (Å²) in [6.07, 6.45) is 1.67. The van der Waals surface area contributed by atoms with Crippen molar-refractivity contribution in [2.75, 3.05) is 6.61 Å². The molecule has 1 aromatic heterocycles. The molecule has 0 N–H and O–H groups in total. The number of carbonyl (C=O) groups excluding carboxylic acids is 2. The third-order valence-electron chi connectivity index (χ3n) is 3.98. The number of aldehydes is 1. The Labute approximate surface area is 172 Å². The highest BCUT2D eigenvalue weighted by Crippen LogP contribution is 2.25. The first kappa shape index (κ1) is 24.0. The van der Waals surface area contributed by atoms with Crippen molar-refractivity contribution in [3.8, 4) is 5.75 Å². The topological polar surface area (TPSA) is 65.7 Å².